The average molecular weight is 479 g/mol. The zero-order valence-electron chi connectivity index (χ0n) is 17.3. The molecule has 3 amide bonds. The molecule has 31 heavy (non-hydrogen) atoms. The zero-order valence-corrected chi connectivity index (χ0v) is 19.0. The van der Waals surface area contributed by atoms with E-state index in [1.54, 1.807) is 0 Å². The van der Waals surface area contributed by atoms with Crippen LogP contribution < -0.4 is 16.4 Å². The number of likely N-dealkylation sites (tertiary alicyclic amines) is 1. The summed E-state index contributed by atoms with van der Waals surface area (Å²) in [4.78, 5) is 61.4. The van der Waals surface area contributed by atoms with E-state index in [-0.39, 0.29) is 18.7 Å². The Morgan fingerprint density at radius 3 is 2.39 bits per heavy atom. The van der Waals surface area contributed by atoms with Crippen LogP contribution in [0.1, 0.15) is 32.1 Å². The first-order valence-corrected chi connectivity index (χ1v) is 11.9. The summed E-state index contributed by atoms with van der Waals surface area (Å²) in [5, 5.41) is 23.0. The van der Waals surface area contributed by atoms with E-state index in [1.807, 2.05) is 6.26 Å². The van der Waals surface area contributed by atoms with E-state index in [0.29, 0.717) is 25.0 Å². The maximum Gasteiger partial charge on any atom is 0.326 e. The fourth-order valence-electron chi connectivity index (χ4n) is 3.15. The molecule has 0 aromatic rings. The number of carboxylic acid groups (broad SMARTS) is 2. The minimum atomic E-state index is -1.37. The molecule has 0 aromatic heterocycles. The van der Waals surface area contributed by atoms with Crippen molar-refractivity contribution in [3.05, 3.63) is 0 Å². The zero-order chi connectivity index (χ0) is 23.6. The molecule has 0 bridgehead atoms. The lowest BCUT2D eigenvalue weighted by atomic mass is 10.1. The van der Waals surface area contributed by atoms with Crippen LogP contribution in [-0.4, -0.2) is 93.2 Å². The van der Waals surface area contributed by atoms with Gasteiger partial charge in [-0.25, -0.2) is 4.79 Å². The molecule has 176 valence electrons. The number of nitrogens with one attached hydrogen (secondary N) is 2. The van der Waals surface area contributed by atoms with Gasteiger partial charge in [0.1, 0.15) is 18.1 Å². The van der Waals surface area contributed by atoms with Crippen molar-refractivity contribution in [1.82, 2.24) is 15.5 Å². The molecular formula is C18H30N4O7S2. The maximum atomic E-state index is 13.1. The Morgan fingerprint density at radius 1 is 1.16 bits per heavy atom. The lowest BCUT2D eigenvalue weighted by molar-refractivity contribution is -0.145. The first-order chi connectivity index (χ1) is 14.6. The molecular weight excluding hydrogens is 448 g/mol. The highest BCUT2D eigenvalue weighted by molar-refractivity contribution is 7.98. The number of carbonyl (C=O) groups is 5. The summed E-state index contributed by atoms with van der Waals surface area (Å²) < 4.78 is 0. The molecule has 0 aliphatic carbocycles. The molecule has 13 heteroatoms. The summed E-state index contributed by atoms with van der Waals surface area (Å²) in [6.45, 7) is 0.286. The first kappa shape index (κ1) is 27.0. The van der Waals surface area contributed by atoms with Crippen LogP contribution in [0.5, 0.6) is 0 Å². The van der Waals surface area contributed by atoms with Crippen LogP contribution in [0.3, 0.4) is 0 Å². The third-order valence-electron chi connectivity index (χ3n) is 4.86. The van der Waals surface area contributed by atoms with Crippen LogP contribution in [-0.2, 0) is 24.0 Å². The third kappa shape index (κ3) is 8.57. The van der Waals surface area contributed by atoms with E-state index >= 15 is 0 Å². The standard InChI is InChI=1S/C18H30N4O7S2/c1-31-8-6-11(20-15(25)10(19)9-30)17(27)22-7-2-3-13(22)16(26)21-12(18(28)29)4-5-14(23)24/h10-13,30H,2-9,19H2,1H3,(H,20,25)(H,21,26)(H,23,24)(H,28,29). The molecule has 1 fully saturated rings. The van der Waals surface area contributed by atoms with Crippen LogP contribution >= 0.6 is 24.4 Å². The highest BCUT2D eigenvalue weighted by Crippen LogP contribution is 2.20. The fraction of sp³-hybridized carbons (Fsp3) is 0.722. The van der Waals surface area contributed by atoms with Gasteiger partial charge in [-0.15, -0.1) is 0 Å². The monoisotopic (exact) mass is 478 g/mol. The lowest BCUT2D eigenvalue weighted by Gasteiger charge is -2.29. The van der Waals surface area contributed by atoms with Gasteiger partial charge in [-0.2, -0.15) is 24.4 Å². The molecule has 1 aliphatic heterocycles. The van der Waals surface area contributed by atoms with Crippen LogP contribution in [0, 0.1) is 0 Å². The minimum absolute atomic E-state index is 0.108. The lowest BCUT2D eigenvalue weighted by Crippen LogP contribution is -2.57. The highest BCUT2D eigenvalue weighted by Gasteiger charge is 2.39. The van der Waals surface area contributed by atoms with E-state index in [2.05, 4.69) is 23.3 Å². The Morgan fingerprint density at radius 2 is 1.84 bits per heavy atom. The number of aliphatic carboxylic acids is 2. The molecule has 1 heterocycles. The number of nitrogens with two attached hydrogens (primary N) is 1. The maximum absolute atomic E-state index is 13.1. The predicted octanol–water partition coefficient (Wildman–Crippen LogP) is -1.09. The number of hydrogen-bond donors (Lipinski definition) is 6. The van der Waals surface area contributed by atoms with Gasteiger partial charge in [-0.3, -0.25) is 19.2 Å². The molecule has 1 saturated heterocycles. The van der Waals surface area contributed by atoms with Crippen LogP contribution in [0.15, 0.2) is 0 Å². The van der Waals surface area contributed by atoms with Crippen molar-refractivity contribution in [2.24, 2.45) is 5.73 Å². The Labute approximate surface area is 190 Å². The molecule has 4 unspecified atom stereocenters. The van der Waals surface area contributed by atoms with Crippen molar-refractivity contribution >= 4 is 54.1 Å². The summed E-state index contributed by atoms with van der Waals surface area (Å²) in [7, 11) is 0. The number of rotatable bonds is 13. The van der Waals surface area contributed by atoms with E-state index in [4.69, 9.17) is 10.8 Å². The van der Waals surface area contributed by atoms with Crippen LogP contribution in [0.4, 0.5) is 0 Å². The molecule has 0 saturated carbocycles. The molecule has 0 spiro atoms. The van der Waals surface area contributed by atoms with Crippen molar-refractivity contribution in [2.75, 3.05) is 24.3 Å². The largest absolute Gasteiger partial charge is 0.481 e. The number of thioether (sulfide) groups is 1. The van der Waals surface area contributed by atoms with E-state index in [9.17, 15) is 29.1 Å². The van der Waals surface area contributed by atoms with Gasteiger partial charge in [0, 0.05) is 18.7 Å². The van der Waals surface area contributed by atoms with Gasteiger partial charge >= 0.3 is 11.9 Å². The minimum Gasteiger partial charge on any atom is -0.481 e. The van der Waals surface area contributed by atoms with E-state index in [0.717, 1.165) is 0 Å². The smallest absolute Gasteiger partial charge is 0.326 e. The molecule has 4 atom stereocenters. The van der Waals surface area contributed by atoms with Crippen molar-refractivity contribution in [1.29, 1.82) is 0 Å². The Bertz CT molecular complexity index is 679. The van der Waals surface area contributed by atoms with Gasteiger partial charge in [0.2, 0.25) is 17.7 Å². The normalized spacial score (nSPS) is 18.7. The van der Waals surface area contributed by atoms with Crippen molar-refractivity contribution in [3.8, 4) is 0 Å². The quantitative estimate of drug-likeness (QED) is 0.179. The number of amides is 3. The molecule has 0 radical (unpaired) electrons. The predicted molar refractivity (Wildman–Crippen MR) is 118 cm³/mol. The molecule has 6 N–H and O–H groups in total. The van der Waals surface area contributed by atoms with Gasteiger partial charge in [-0.05, 0) is 37.7 Å². The number of thiol groups is 1. The topological polar surface area (TPSA) is 179 Å². The van der Waals surface area contributed by atoms with Gasteiger partial charge in [0.25, 0.3) is 0 Å². The molecule has 11 nitrogen and oxygen atoms in total. The van der Waals surface area contributed by atoms with Crippen molar-refractivity contribution in [3.63, 3.8) is 0 Å². The van der Waals surface area contributed by atoms with Gasteiger partial charge in [0.05, 0.1) is 6.04 Å². The summed E-state index contributed by atoms with van der Waals surface area (Å²) >= 11 is 5.48. The second-order valence-electron chi connectivity index (χ2n) is 7.15. The number of nitrogens with zero attached hydrogens (tertiary/aromatic N) is 1. The van der Waals surface area contributed by atoms with Crippen LogP contribution in [0.2, 0.25) is 0 Å². The summed E-state index contributed by atoms with van der Waals surface area (Å²) in [5.74, 6) is -3.45. The van der Waals surface area contributed by atoms with Gasteiger partial charge in [-0.1, -0.05) is 0 Å². The van der Waals surface area contributed by atoms with Crippen molar-refractivity contribution in [2.45, 2.75) is 56.3 Å². The molecule has 1 aliphatic rings. The van der Waals surface area contributed by atoms with Gasteiger partial charge in [0.15, 0.2) is 0 Å². The van der Waals surface area contributed by atoms with Gasteiger partial charge < -0.3 is 31.5 Å². The number of carboxylic acids is 2. The second-order valence-corrected chi connectivity index (χ2v) is 8.50. The summed E-state index contributed by atoms with van der Waals surface area (Å²) in [5.41, 5.74) is 5.68. The SMILES string of the molecule is CSCCC(NC(=O)C(N)CS)C(=O)N1CCCC1C(=O)NC(CCC(=O)O)C(=O)O. The second kappa shape index (κ2) is 13.4. The summed E-state index contributed by atoms with van der Waals surface area (Å²) in [6.07, 6.45) is 2.38. The summed E-state index contributed by atoms with van der Waals surface area (Å²) in [6, 6.07) is -4.02. The van der Waals surface area contributed by atoms with E-state index in [1.165, 1.54) is 16.7 Å². The highest BCUT2D eigenvalue weighted by atomic mass is 32.2. The third-order valence-corrected chi connectivity index (χ3v) is 5.90. The molecule has 0 aromatic carbocycles. The number of carbonyl (C=O) groups excluding carboxylic acids is 3. The Hall–Kier alpha value is -1.99. The first-order valence-electron chi connectivity index (χ1n) is 9.83. The Balaban J connectivity index is 2.90. The van der Waals surface area contributed by atoms with Crippen LogP contribution in [0.25, 0.3) is 0 Å². The Kier molecular flexibility index (Phi) is 11.7. The fourth-order valence-corrected chi connectivity index (χ4v) is 3.79. The molecule has 1 rings (SSSR count). The average Bonchev–Trinajstić information content (AvgIpc) is 3.22. The van der Waals surface area contributed by atoms with E-state index < -0.39 is 60.2 Å². The van der Waals surface area contributed by atoms with Crippen molar-refractivity contribution < 1.29 is 34.2 Å². The number of hydrogen-bond acceptors (Lipinski definition) is 8.